The van der Waals surface area contributed by atoms with Crippen molar-refractivity contribution in [1.82, 2.24) is 10.2 Å². The number of carbonyl (C=O) groups excluding carboxylic acids is 2. The topological polar surface area (TPSA) is 93.9 Å². The van der Waals surface area contributed by atoms with E-state index in [9.17, 15) is 9.59 Å². The molecular weight excluding hydrogens is 362 g/mol. The Balaban J connectivity index is 2.72. The largest absolute Gasteiger partial charge is 0.450 e. The second-order valence-corrected chi connectivity index (χ2v) is 15.7. The van der Waals surface area contributed by atoms with Crippen LogP contribution >= 0.6 is 0 Å². The van der Waals surface area contributed by atoms with Gasteiger partial charge in [0, 0.05) is 33.1 Å². The number of alkyl carbamates (subject to hydrolysis) is 1. The molecule has 8 heteroatoms. The summed E-state index contributed by atoms with van der Waals surface area (Å²) in [5, 5.41) is 2.92. The molecule has 1 rings (SSSR count). The molecule has 1 aliphatic heterocycles. The molecule has 0 aliphatic carbocycles. The van der Waals surface area contributed by atoms with E-state index < -0.39 is 19.8 Å². The number of nitrogens with two attached hydrogens (primary N) is 1. The number of hydrogen-bond acceptors (Lipinski definition) is 5. The van der Waals surface area contributed by atoms with Gasteiger partial charge in [0.05, 0.1) is 12.6 Å². The summed E-state index contributed by atoms with van der Waals surface area (Å²) >= 11 is 0. The van der Waals surface area contributed by atoms with Gasteiger partial charge in [-0.25, -0.2) is 9.59 Å². The molecule has 3 unspecified atom stereocenters. The lowest BCUT2D eigenvalue weighted by Crippen LogP contribution is -2.48. The number of nitrogens with one attached hydrogen (secondary N) is 1. The Labute approximate surface area is 165 Å². The maximum atomic E-state index is 12.4. The zero-order valence-electron chi connectivity index (χ0n) is 18.3. The molecule has 27 heavy (non-hydrogen) atoms. The monoisotopic (exact) mass is 401 g/mol. The molecule has 3 N–H and O–H groups in total. The van der Waals surface area contributed by atoms with E-state index >= 15 is 0 Å². The summed E-state index contributed by atoms with van der Waals surface area (Å²) < 4.78 is 10.8. The lowest BCUT2D eigenvalue weighted by atomic mass is 9.88. The summed E-state index contributed by atoms with van der Waals surface area (Å²) in [4.78, 5) is 26.3. The molecule has 0 aromatic carbocycles. The number of hydrogen-bond donors (Lipinski definition) is 2. The van der Waals surface area contributed by atoms with Crippen molar-refractivity contribution in [2.45, 2.75) is 78.0 Å². The highest BCUT2D eigenvalue weighted by Gasteiger charge is 2.41. The highest BCUT2D eigenvalue weighted by atomic mass is 28.3. The molecule has 0 saturated carbocycles. The van der Waals surface area contributed by atoms with Crippen LogP contribution in [0.2, 0.25) is 25.7 Å². The van der Waals surface area contributed by atoms with Crippen LogP contribution in [0, 0.1) is 11.8 Å². The van der Waals surface area contributed by atoms with Crippen molar-refractivity contribution in [3.63, 3.8) is 0 Å². The molecule has 2 amide bonds. The van der Waals surface area contributed by atoms with Crippen molar-refractivity contribution in [1.29, 1.82) is 0 Å². The summed E-state index contributed by atoms with van der Waals surface area (Å²) in [6.45, 7) is 17.6. The molecule has 1 heterocycles. The molecule has 0 radical (unpaired) electrons. The number of likely N-dealkylation sites (tertiary alicyclic amines) is 1. The van der Waals surface area contributed by atoms with Crippen LogP contribution < -0.4 is 11.1 Å². The third-order valence-electron chi connectivity index (χ3n) is 4.67. The van der Waals surface area contributed by atoms with Gasteiger partial charge < -0.3 is 25.4 Å². The quantitative estimate of drug-likeness (QED) is 0.666. The van der Waals surface area contributed by atoms with Gasteiger partial charge in [-0.3, -0.25) is 0 Å². The summed E-state index contributed by atoms with van der Waals surface area (Å²) in [7, 11) is -1.26. The Morgan fingerprint density at radius 1 is 1.22 bits per heavy atom. The number of nitrogens with zero attached hydrogens (tertiary/aromatic N) is 1. The first kappa shape index (κ1) is 23.8. The van der Waals surface area contributed by atoms with Gasteiger partial charge in [0.25, 0.3) is 0 Å². The van der Waals surface area contributed by atoms with Gasteiger partial charge in [-0.05, 0) is 32.7 Å². The minimum absolute atomic E-state index is 0.0398. The van der Waals surface area contributed by atoms with E-state index in [1.54, 1.807) is 4.90 Å². The molecule has 7 nitrogen and oxygen atoms in total. The Kier molecular flexibility index (Phi) is 8.16. The zero-order chi connectivity index (χ0) is 21.0. The van der Waals surface area contributed by atoms with Crippen molar-refractivity contribution in [2.24, 2.45) is 17.6 Å². The second-order valence-electron chi connectivity index (χ2n) is 10.1. The average molecular weight is 402 g/mol. The number of amides is 2. The molecule has 0 spiro atoms. The maximum Gasteiger partial charge on any atom is 0.410 e. The van der Waals surface area contributed by atoms with Gasteiger partial charge in [0.15, 0.2) is 0 Å². The van der Waals surface area contributed by atoms with Crippen LogP contribution in [0.15, 0.2) is 0 Å². The van der Waals surface area contributed by atoms with Gasteiger partial charge in [-0.15, -0.1) is 0 Å². The lowest BCUT2D eigenvalue weighted by molar-refractivity contribution is 0.0282. The first-order valence-electron chi connectivity index (χ1n) is 9.86. The van der Waals surface area contributed by atoms with Crippen molar-refractivity contribution in [3.8, 4) is 0 Å². The SMILES string of the molecule is CC(C)C(N)C1CN(C(=O)OC(C)(C)C)CC1NC(=O)OCC[Si](C)(C)C. The molecule has 0 aromatic rings. The van der Waals surface area contributed by atoms with E-state index in [4.69, 9.17) is 15.2 Å². The van der Waals surface area contributed by atoms with Crippen LogP contribution in [0.4, 0.5) is 9.59 Å². The first-order valence-corrected chi connectivity index (χ1v) is 13.6. The summed E-state index contributed by atoms with van der Waals surface area (Å²) in [6.07, 6.45) is -0.815. The Bertz CT molecular complexity index is 514. The fraction of sp³-hybridized carbons (Fsp3) is 0.895. The van der Waals surface area contributed by atoms with E-state index in [1.165, 1.54) is 0 Å². The van der Waals surface area contributed by atoms with Gasteiger partial charge in [0.1, 0.15) is 5.60 Å². The van der Waals surface area contributed by atoms with Crippen LogP contribution in [-0.2, 0) is 9.47 Å². The third kappa shape index (κ3) is 8.51. The van der Waals surface area contributed by atoms with E-state index in [2.05, 4.69) is 25.0 Å². The fourth-order valence-corrected chi connectivity index (χ4v) is 3.70. The highest BCUT2D eigenvalue weighted by molar-refractivity contribution is 6.76. The predicted octanol–water partition coefficient (Wildman–Crippen LogP) is 3.27. The van der Waals surface area contributed by atoms with Crippen molar-refractivity contribution >= 4 is 20.3 Å². The predicted molar refractivity (Wildman–Crippen MR) is 111 cm³/mol. The first-order chi connectivity index (χ1) is 12.2. The van der Waals surface area contributed by atoms with Crippen LogP contribution in [0.1, 0.15) is 34.6 Å². The van der Waals surface area contributed by atoms with E-state index in [0.29, 0.717) is 19.7 Å². The van der Waals surface area contributed by atoms with Crippen molar-refractivity contribution < 1.29 is 19.1 Å². The standard InChI is InChI=1S/C19H39N3O4Si/c1-13(2)16(20)14-11-22(18(24)26-19(3,4)5)12-15(14)21-17(23)25-9-10-27(6,7)8/h13-16H,9-12,20H2,1-8H3,(H,21,23). The highest BCUT2D eigenvalue weighted by Crippen LogP contribution is 2.25. The van der Waals surface area contributed by atoms with E-state index in [1.807, 2.05) is 34.6 Å². The summed E-state index contributed by atoms with van der Waals surface area (Å²) in [5.74, 6) is 0.197. The number of ether oxygens (including phenoxy) is 2. The fourth-order valence-electron chi connectivity index (χ4n) is 2.98. The minimum atomic E-state index is -1.26. The van der Waals surface area contributed by atoms with Gasteiger partial charge in [-0.2, -0.15) is 0 Å². The van der Waals surface area contributed by atoms with Crippen LogP contribution in [-0.4, -0.2) is 62.5 Å². The molecular formula is C19H39N3O4Si. The van der Waals surface area contributed by atoms with Gasteiger partial charge >= 0.3 is 12.2 Å². The number of carbonyl (C=O) groups is 2. The molecule has 1 saturated heterocycles. The van der Waals surface area contributed by atoms with Crippen molar-refractivity contribution in [2.75, 3.05) is 19.7 Å². The molecule has 1 fully saturated rings. The lowest BCUT2D eigenvalue weighted by Gasteiger charge is -2.28. The second kappa shape index (κ2) is 9.27. The van der Waals surface area contributed by atoms with E-state index in [-0.39, 0.29) is 30.0 Å². The van der Waals surface area contributed by atoms with Crippen molar-refractivity contribution in [3.05, 3.63) is 0 Å². The normalized spacial score (nSPS) is 21.9. The zero-order valence-corrected chi connectivity index (χ0v) is 19.3. The molecule has 0 aromatic heterocycles. The van der Waals surface area contributed by atoms with Crippen LogP contribution in [0.3, 0.4) is 0 Å². The van der Waals surface area contributed by atoms with Gasteiger partial charge in [-0.1, -0.05) is 33.5 Å². The smallest absolute Gasteiger partial charge is 0.410 e. The molecule has 1 aliphatic rings. The summed E-state index contributed by atoms with van der Waals surface area (Å²) in [5.41, 5.74) is 5.81. The van der Waals surface area contributed by atoms with Crippen LogP contribution in [0.5, 0.6) is 0 Å². The maximum absolute atomic E-state index is 12.4. The van der Waals surface area contributed by atoms with Gasteiger partial charge in [0.2, 0.25) is 0 Å². The molecule has 3 atom stereocenters. The average Bonchev–Trinajstić information content (AvgIpc) is 2.86. The van der Waals surface area contributed by atoms with E-state index in [0.717, 1.165) is 6.04 Å². The minimum Gasteiger partial charge on any atom is -0.450 e. The Hall–Kier alpha value is -1.28. The van der Waals surface area contributed by atoms with Crippen LogP contribution in [0.25, 0.3) is 0 Å². The molecule has 158 valence electrons. The third-order valence-corrected chi connectivity index (χ3v) is 6.37. The number of rotatable bonds is 6. The summed E-state index contributed by atoms with van der Waals surface area (Å²) in [6, 6.07) is 0.545. The Morgan fingerprint density at radius 3 is 2.30 bits per heavy atom. The molecule has 0 bridgehead atoms. The Morgan fingerprint density at radius 2 is 1.81 bits per heavy atom.